The van der Waals surface area contributed by atoms with Crippen LogP contribution in [-0.2, 0) is 20.9 Å². The van der Waals surface area contributed by atoms with Crippen LogP contribution in [0.15, 0.2) is 30.3 Å². The number of cyclic esters (lactones) is 1. The van der Waals surface area contributed by atoms with E-state index in [4.69, 9.17) is 9.47 Å². The first kappa shape index (κ1) is 16.3. The third-order valence-corrected chi connectivity index (χ3v) is 3.46. The smallest absolute Gasteiger partial charge is 0.409 e. The van der Waals surface area contributed by atoms with Gasteiger partial charge in [0.2, 0.25) is 5.91 Å². The van der Waals surface area contributed by atoms with Gasteiger partial charge in [-0.2, -0.15) is 0 Å². The van der Waals surface area contributed by atoms with Crippen LogP contribution in [0.5, 0.6) is 0 Å². The summed E-state index contributed by atoms with van der Waals surface area (Å²) in [5.74, 6) is -0.139. The molecule has 0 spiro atoms. The van der Waals surface area contributed by atoms with E-state index >= 15 is 0 Å². The van der Waals surface area contributed by atoms with Crippen molar-refractivity contribution < 1.29 is 19.1 Å². The van der Waals surface area contributed by atoms with Crippen LogP contribution in [-0.4, -0.2) is 49.2 Å². The highest BCUT2D eigenvalue weighted by Gasteiger charge is 2.21. The molecule has 1 aromatic carbocycles. The number of nitrogens with one attached hydrogen (secondary N) is 1. The van der Waals surface area contributed by atoms with Gasteiger partial charge >= 0.3 is 6.09 Å². The average molecular weight is 306 g/mol. The van der Waals surface area contributed by atoms with Crippen molar-refractivity contribution in [3.05, 3.63) is 35.9 Å². The second kappa shape index (κ2) is 8.38. The Bertz CT molecular complexity index is 492. The van der Waals surface area contributed by atoms with Gasteiger partial charge in [-0.05, 0) is 18.9 Å². The minimum absolute atomic E-state index is 0.139. The maximum Gasteiger partial charge on any atom is 0.409 e. The predicted molar refractivity (Wildman–Crippen MR) is 81.2 cm³/mol. The summed E-state index contributed by atoms with van der Waals surface area (Å²) in [7, 11) is 0. The maximum absolute atomic E-state index is 11.9. The lowest BCUT2D eigenvalue weighted by molar-refractivity contribution is -0.132. The van der Waals surface area contributed by atoms with Crippen LogP contribution >= 0.6 is 0 Å². The third-order valence-electron chi connectivity index (χ3n) is 3.46. The molecule has 1 unspecified atom stereocenters. The van der Waals surface area contributed by atoms with Gasteiger partial charge in [0.05, 0.1) is 13.2 Å². The number of hydrogen-bond acceptors (Lipinski definition) is 4. The Labute approximate surface area is 130 Å². The Balaban J connectivity index is 1.59. The Morgan fingerprint density at radius 1 is 1.41 bits per heavy atom. The lowest BCUT2D eigenvalue weighted by Crippen LogP contribution is -2.36. The zero-order valence-corrected chi connectivity index (χ0v) is 12.8. The molecule has 2 rings (SSSR count). The van der Waals surface area contributed by atoms with Crippen molar-refractivity contribution in [2.75, 3.05) is 26.2 Å². The molecule has 0 aromatic heterocycles. The molecule has 120 valence electrons. The summed E-state index contributed by atoms with van der Waals surface area (Å²) in [5.41, 5.74) is 1.04. The summed E-state index contributed by atoms with van der Waals surface area (Å²) >= 11 is 0. The van der Waals surface area contributed by atoms with Gasteiger partial charge in [0.25, 0.3) is 0 Å². The van der Waals surface area contributed by atoms with Crippen LogP contribution in [0.3, 0.4) is 0 Å². The minimum atomic E-state index is -0.503. The van der Waals surface area contributed by atoms with E-state index in [2.05, 4.69) is 5.32 Å². The van der Waals surface area contributed by atoms with Crippen molar-refractivity contribution in [2.24, 2.45) is 0 Å². The number of hydrogen-bond donors (Lipinski definition) is 1. The monoisotopic (exact) mass is 306 g/mol. The molecule has 1 aromatic rings. The Hall–Kier alpha value is -2.08. The first-order valence-electron chi connectivity index (χ1n) is 7.52. The van der Waals surface area contributed by atoms with E-state index in [1.807, 2.05) is 30.3 Å². The third kappa shape index (κ3) is 5.04. The van der Waals surface area contributed by atoms with E-state index in [1.54, 1.807) is 11.8 Å². The van der Waals surface area contributed by atoms with E-state index in [-0.39, 0.29) is 12.0 Å². The maximum atomic E-state index is 11.9. The molecular formula is C16H22N2O4. The van der Waals surface area contributed by atoms with E-state index in [0.717, 1.165) is 5.56 Å². The number of carbonyl (C=O) groups excluding carboxylic acids is 2. The summed E-state index contributed by atoms with van der Waals surface area (Å²) in [5, 5.41) is 2.81. The number of carbonyl (C=O) groups is 2. The molecule has 1 N–H and O–H groups in total. The molecular weight excluding hydrogens is 284 g/mol. The topological polar surface area (TPSA) is 67.9 Å². The van der Waals surface area contributed by atoms with Crippen molar-refractivity contribution in [3.63, 3.8) is 0 Å². The Morgan fingerprint density at radius 2 is 2.18 bits per heavy atom. The Morgan fingerprint density at radius 3 is 2.86 bits per heavy atom. The fraction of sp³-hybridized carbons (Fsp3) is 0.500. The van der Waals surface area contributed by atoms with Crippen LogP contribution < -0.4 is 5.32 Å². The van der Waals surface area contributed by atoms with E-state index in [0.29, 0.717) is 39.3 Å². The fourth-order valence-corrected chi connectivity index (χ4v) is 2.13. The molecule has 2 amide bonds. The number of rotatable bonds is 8. The molecule has 6 nitrogen and oxygen atoms in total. The number of benzene rings is 1. The molecule has 0 saturated carbocycles. The summed E-state index contributed by atoms with van der Waals surface area (Å²) in [6, 6.07) is 9.73. The minimum Gasteiger partial charge on any atom is -0.448 e. The van der Waals surface area contributed by atoms with Gasteiger partial charge in [-0.1, -0.05) is 30.3 Å². The second-order valence-electron chi connectivity index (χ2n) is 5.18. The van der Waals surface area contributed by atoms with Crippen molar-refractivity contribution >= 4 is 12.0 Å². The number of nitrogens with zero attached hydrogens (tertiary/aromatic N) is 1. The zero-order valence-electron chi connectivity index (χ0n) is 12.8. The quantitative estimate of drug-likeness (QED) is 0.740. The Kier molecular flexibility index (Phi) is 6.21. The van der Waals surface area contributed by atoms with Gasteiger partial charge in [0.15, 0.2) is 0 Å². The summed E-state index contributed by atoms with van der Waals surface area (Å²) in [4.78, 5) is 24.8. The van der Waals surface area contributed by atoms with Crippen LogP contribution in [0.4, 0.5) is 4.79 Å². The van der Waals surface area contributed by atoms with Crippen LogP contribution in [0.25, 0.3) is 0 Å². The molecule has 1 aliphatic rings. The van der Waals surface area contributed by atoms with E-state index < -0.39 is 6.10 Å². The molecule has 22 heavy (non-hydrogen) atoms. The highest BCUT2D eigenvalue weighted by Crippen LogP contribution is 2.04. The first-order chi connectivity index (χ1) is 10.7. The molecule has 0 radical (unpaired) electrons. The fourth-order valence-electron chi connectivity index (χ4n) is 2.13. The van der Waals surface area contributed by atoms with Crippen molar-refractivity contribution in [1.82, 2.24) is 10.2 Å². The number of amides is 2. The second-order valence-corrected chi connectivity index (χ2v) is 5.18. The highest BCUT2D eigenvalue weighted by atomic mass is 16.6. The average Bonchev–Trinajstić information content (AvgIpc) is 2.95. The standard InChI is InChI=1S/C16H22N2O4/c1-13(22-12-14-6-3-2-4-7-14)15(19)17-8-5-9-18-10-11-21-16(18)20/h2-4,6-7,13H,5,8-12H2,1H3,(H,17,19). The van der Waals surface area contributed by atoms with Gasteiger partial charge in [-0.15, -0.1) is 0 Å². The number of ether oxygens (including phenoxy) is 2. The lowest BCUT2D eigenvalue weighted by Gasteiger charge is -2.15. The van der Waals surface area contributed by atoms with Gasteiger partial charge < -0.3 is 19.7 Å². The van der Waals surface area contributed by atoms with E-state index in [9.17, 15) is 9.59 Å². The van der Waals surface area contributed by atoms with Gasteiger partial charge in [0, 0.05) is 13.1 Å². The van der Waals surface area contributed by atoms with Gasteiger partial charge in [0.1, 0.15) is 12.7 Å². The molecule has 1 saturated heterocycles. The van der Waals surface area contributed by atoms with Gasteiger partial charge in [-0.3, -0.25) is 4.79 Å². The lowest BCUT2D eigenvalue weighted by atomic mass is 10.2. The normalized spacial score (nSPS) is 15.5. The summed E-state index contributed by atoms with van der Waals surface area (Å²) in [6.07, 6.45) is -0.0745. The van der Waals surface area contributed by atoms with Crippen LogP contribution in [0.1, 0.15) is 18.9 Å². The largest absolute Gasteiger partial charge is 0.448 e. The van der Waals surface area contributed by atoms with Crippen molar-refractivity contribution in [2.45, 2.75) is 26.1 Å². The van der Waals surface area contributed by atoms with Crippen molar-refractivity contribution in [1.29, 1.82) is 0 Å². The summed E-state index contributed by atoms with van der Waals surface area (Å²) < 4.78 is 10.4. The van der Waals surface area contributed by atoms with Crippen molar-refractivity contribution in [3.8, 4) is 0 Å². The van der Waals surface area contributed by atoms with Crippen LogP contribution in [0, 0.1) is 0 Å². The molecule has 0 aliphatic carbocycles. The molecule has 1 aliphatic heterocycles. The first-order valence-corrected chi connectivity index (χ1v) is 7.52. The highest BCUT2D eigenvalue weighted by molar-refractivity contribution is 5.80. The predicted octanol–water partition coefficient (Wildman–Crippen LogP) is 1.55. The summed E-state index contributed by atoms with van der Waals surface area (Å²) in [6.45, 7) is 4.34. The molecule has 1 atom stereocenters. The SMILES string of the molecule is CC(OCc1ccccc1)C(=O)NCCCN1CCOC1=O. The zero-order chi connectivity index (χ0) is 15.8. The molecule has 1 heterocycles. The molecule has 1 fully saturated rings. The van der Waals surface area contributed by atoms with Crippen LogP contribution in [0.2, 0.25) is 0 Å². The molecule has 0 bridgehead atoms. The van der Waals surface area contributed by atoms with E-state index in [1.165, 1.54) is 0 Å². The van der Waals surface area contributed by atoms with Gasteiger partial charge in [-0.25, -0.2) is 4.79 Å². The molecule has 6 heteroatoms.